The van der Waals surface area contributed by atoms with Crippen LogP contribution in [0.3, 0.4) is 0 Å². The van der Waals surface area contributed by atoms with E-state index in [0.717, 1.165) is 17.7 Å². The van der Waals surface area contributed by atoms with Crippen molar-refractivity contribution < 1.29 is 20.4 Å². The van der Waals surface area contributed by atoms with Crippen LogP contribution in [0, 0.1) is 6.92 Å². The van der Waals surface area contributed by atoms with Crippen LogP contribution in [0.1, 0.15) is 103 Å². The maximum Gasteiger partial charge on any atom is 0.0414 e. The molecule has 1 N–H and O–H groups in total. The first kappa shape index (κ1) is 33.3. The fourth-order valence-electron chi connectivity index (χ4n) is 4.96. The Balaban J connectivity index is 0.000000344. The largest absolute Gasteiger partial charge is 0.380 e. The number of ether oxygens (including phenoxy) is 1. The molecule has 0 saturated heterocycles. The molecule has 0 saturated carbocycles. The quantitative estimate of drug-likeness (QED) is 0.177. The minimum Gasteiger partial charge on any atom is -0.380 e. The van der Waals surface area contributed by atoms with E-state index in [1.807, 2.05) is 42.7 Å². The van der Waals surface area contributed by atoms with E-state index in [4.69, 9.17) is 14.4 Å². The molecule has 0 aromatic heterocycles. The first-order valence-electron chi connectivity index (χ1n) is 13.9. The van der Waals surface area contributed by atoms with Crippen molar-refractivity contribution in [1.82, 2.24) is 0 Å². The minimum absolute atomic E-state index is 0.0685. The van der Waals surface area contributed by atoms with Gasteiger partial charge in [0, 0.05) is 11.2 Å². The van der Waals surface area contributed by atoms with Gasteiger partial charge in [0.1, 0.15) is 0 Å². The summed E-state index contributed by atoms with van der Waals surface area (Å²) in [5.41, 5.74) is 6.29. The monoisotopic (exact) mass is 635 g/mol. The van der Waals surface area contributed by atoms with E-state index in [2.05, 4.69) is 109 Å². The van der Waals surface area contributed by atoms with Gasteiger partial charge in [0.05, 0.1) is 0 Å². The third-order valence-corrected chi connectivity index (χ3v) is 7.76. The first-order valence-corrected chi connectivity index (χ1v) is 17.1. The molecule has 0 amide bonds. The first-order chi connectivity index (χ1) is 18.3. The van der Waals surface area contributed by atoms with Crippen molar-refractivity contribution in [2.45, 2.75) is 97.6 Å². The normalized spacial score (nSPS) is 13.6. The molecule has 0 aliphatic heterocycles. The summed E-state index contributed by atoms with van der Waals surface area (Å²) in [5.74, 6) is 1.91. The minimum atomic E-state index is -0.191. The van der Waals surface area contributed by atoms with Crippen molar-refractivity contribution in [3.8, 4) is 5.75 Å². The van der Waals surface area contributed by atoms with E-state index >= 15 is 0 Å². The van der Waals surface area contributed by atoms with Gasteiger partial charge in [-0.1, -0.05) is 88.7 Å². The van der Waals surface area contributed by atoms with E-state index in [9.17, 15) is 0 Å². The second-order valence-corrected chi connectivity index (χ2v) is 13.9. The fraction of sp³-hybridized carbons (Fsp3) is 0.429. The summed E-state index contributed by atoms with van der Waals surface area (Å²) >= 11 is -0.191. The summed E-state index contributed by atoms with van der Waals surface area (Å²) in [6, 6.07) is 25.3. The van der Waals surface area contributed by atoms with Crippen molar-refractivity contribution in [3.63, 3.8) is 0 Å². The molecular weight excluding hydrogens is 587 g/mol. The Morgan fingerprint density at radius 2 is 1.36 bits per heavy atom. The third kappa shape index (κ3) is 10.5. The molecule has 1 atom stereocenters. The van der Waals surface area contributed by atoms with Gasteiger partial charge in [-0.2, -0.15) is 0 Å². The molecule has 0 heterocycles. The summed E-state index contributed by atoms with van der Waals surface area (Å²) in [6.07, 6.45) is 1.16. The Bertz CT molecular complexity index is 1160. The Morgan fingerprint density at radius 3 is 1.87 bits per heavy atom. The summed E-state index contributed by atoms with van der Waals surface area (Å²) in [4.78, 5) is 0. The van der Waals surface area contributed by atoms with E-state index in [0.29, 0.717) is 11.8 Å². The average Bonchev–Trinajstić information content (AvgIpc) is 2.85. The van der Waals surface area contributed by atoms with E-state index in [1.165, 1.54) is 22.4 Å². The molecule has 2 nitrogen and oxygen atoms in total. The maximum atomic E-state index is 5.72. The fourth-order valence-corrected chi connectivity index (χ4v) is 6.07. The van der Waals surface area contributed by atoms with Gasteiger partial charge in [0.25, 0.3) is 0 Å². The van der Waals surface area contributed by atoms with Crippen LogP contribution in [0.25, 0.3) is 0 Å². The Hall–Kier alpha value is -1.96. The number of nitrogens with one attached hydrogen (secondary N) is 1. The Morgan fingerprint density at radius 1 is 0.821 bits per heavy atom. The molecule has 3 aromatic rings. The number of halogens is 1. The molecule has 215 valence electrons. The van der Waals surface area contributed by atoms with Crippen LogP contribution < -0.4 is 10.1 Å². The van der Waals surface area contributed by atoms with Gasteiger partial charge in [-0.25, -0.2) is 0 Å². The summed E-state index contributed by atoms with van der Waals surface area (Å²) < 4.78 is 7.66. The molecule has 1 unspecified atom stereocenters. The van der Waals surface area contributed by atoms with Gasteiger partial charge in [-0.15, -0.1) is 5.41 Å². The molecule has 0 aliphatic carbocycles. The number of benzene rings is 3. The number of para-hydroxylation sites is 2. The zero-order valence-corrected chi connectivity index (χ0v) is 27.8. The van der Waals surface area contributed by atoms with Crippen LogP contribution in [0.2, 0.25) is 0 Å². The van der Waals surface area contributed by atoms with Gasteiger partial charge >= 0.3 is 90.3 Å². The van der Waals surface area contributed by atoms with E-state index in [1.54, 1.807) is 0 Å². The van der Waals surface area contributed by atoms with Crippen molar-refractivity contribution in [2.75, 3.05) is 5.32 Å². The molecule has 4 heteroatoms. The summed E-state index contributed by atoms with van der Waals surface area (Å²) in [7, 11) is 5.72. The summed E-state index contributed by atoms with van der Waals surface area (Å²) in [5, 5.41) is 3.90. The maximum absolute atomic E-state index is 5.72. The second-order valence-electron chi connectivity index (χ2n) is 12.1. The Kier molecular flexibility index (Phi) is 12.9. The molecule has 0 bridgehead atoms. The average molecular weight is 635 g/mol. The summed E-state index contributed by atoms with van der Waals surface area (Å²) in [6.45, 7) is 24.5. The zero-order chi connectivity index (χ0) is 29.2. The van der Waals surface area contributed by atoms with Gasteiger partial charge in [0.2, 0.25) is 0 Å². The van der Waals surface area contributed by atoms with E-state index < -0.39 is 0 Å². The van der Waals surface area contributed by atoms with Crippen LogP contribution in [0.15, 0.2) is 72.8 Å². The van der Waals surface area contributed by atoms with Crippen molar-refractivity contribution in [2.24, 2.45) is 0 Å². The number of hydrogen-bond donors (Lipinski definition) is 1. The molecule has 39 heavy (non-hydrogen) atoms. The molecule has 0 aliphatic rings. The smallest absolute Gasteiger partial charge is 0.0414 e. The van der Waals surface area contributed by atoms with Gasteiger partial charge in [-0.3, -0.25) is 0 Å². The van der Waals surface area contributed by atoms with E-state index in [-0.39, 0.29) is 32.7 Å². The molecule has 0 fully saturated rings. The second kappa shape index (κ2) is 15.2. The van der Waals surface area contributed by atoms with Crippen LogP contribution in [0.4, 0.5) is 5.69 Å². The van der Waals surface area contributed by atoms with Crippen molar-refractivity contribution >= 4 is 20.0 Å². The topological polar surface area (TPSA) is 21.3 Å². The van der Waals surface area contributed by atoms with Crippen molar-refractivity contribution in [3.05, 3.63) is 102 Å². The molecule has 3 rings (SSSR count). The van der Waals surface area contributed by atoms with Crippen LogP contribution in [-0.2, 0) is 21.1 Å². The Labute approximate surface area is 250 Å². The molecule has 0 spiro atoms. The van der Waals surface area contributed by atoms with Crippen LogP contribution in [-0.4, -0.2) is 16.3 Å². The van der Waals surface area contributed by atoms with Gasteiger partial charge in [0.15, 0.2) is 0 Å². The van der Waals surface area contributed by atoms with Crippen molar-refractivity contribution in [1.29, 1.82) is 0 Å². The molecule has 3 aromatic carbocycles. The number of hydrogen-bond acceptors (Lipinski definition) is 2. The molecular formula is C35H48ClNORu-. The molecule has 0 radical (unpaired) electrons. The van der Waals surface area contributed by atoms with Gasteiger partial charge in [-0.05, 0) is 43.2 Å². The van der Waals surface area contributed by atoms with Crippen LogP contribution >= 0.6 is 9.69 Å². The SMILES string of the molecule is CC(C)Oc1ccccc1[CH]=[Ru][Cl].[CH2-]C(C)(CC(C)(C)Nc1c(C(C)C)cccc1C(C)C)c1ccccc1. The third-order valence-electron chi connectivity index (χ3n) is 6.57. The number of rotatable bonds is 10. The standard InChI is InChI=1S/C25H36N.C10H12O.ClH.Ru/c1-18(2)21-15-12-16-22(19(3)4)23(21)26-25(7,8)17-24(5,6)20-13-10-9-11-14-20;1-8(2)11-10-7-5-4-6-9(10)3;;/h9-16,18-19,26H,5,17H2,1-4,6-8H3;3-8H,1-2H3;1H;/q-1;;;+1/p-1. The van der Waals surface area contributed by atoms with Crippen LogP contribution in [0.5, 0.6) is 5.75 Å². The zero-order valence-electron chi connectivity index (χ0n) is 25.3. The van der Waals surface area contributed by atoms with Gasteiger partial charge < -0.3 is 12.2 Å². The number of anilines is 1. The predicted octanol–water partition coefficient (Wildman–Crippen LogP) is 10.2. The predicted molar refractivity (Wildman–Crippen MR) is 169 cm³/mol.